The Morgan fingerprint density at radius 1 is 1.07 bits per heavy atom. The molecular weight excluding hydrogens is 418 g/mol. The van der Waals surface area contributed by atoms with Gasteiger partial charge in [-0.1, -0.05) is 29.4 Å². The Hall–Kier alpha value is -2.36. The van der Waals surface area contributed by atoms with Crippen molar-refractivity contribution in [1.29, 1.82) is 0 Å². The summed E-state index contributed by atoms with van der Waals surface area (Å²) in [5.74, 6) is -3.48. The number of hydrogen-bond donors (Lipinski definition) is 2. The van der Waals surface area contributed by atoms with Crippen LogP contribution < -0.4 is 10.6 Å². The van der Waals surface area contributed by atoms with Gasteiger partial charge in [-0.15, -0.1) is 11.3 Å². The van der Waals surface area contributed by atoms with Gasteiger partial charge in [0.1, 0.15) is 0 Å². The second-order valence-electron chi connectivity index (χ2n) is 5.04. The average molecular weight is 429 g/mol. The summed E-state index contributed by atoms with van der Waals surface area (Å²) < 4.78 is 30.5. The first kappa shape index (κ1) is 19.4. The number of benzene rings is 1. The molecule has 140 valence electrons. The standard InChI is InChI=1S/C17H11ClF2N2O3S2/c18-9-3-1-4-10(14(9)27-17(19)20)21-16(24)12-6-7-13(26-12)22-15(23)11-5-2-8-25-11/h1-8,17H,(H,21,24)(H,22,23). The average Bonchev–Trinajstić information content (AvgIpc) is 3.29. The summed E-state index contributed by atoms with van der Waals surface area (Å²) in [5.41, 5.74) is 0.187. The molecule has 0 radical (unpaired) electrons. The highest BCUT2D eigenvalue weighted by Gasteiger charge is 2.18. The summed E-state index contributed by atoms with van der Waals surface area (Å²) in [5, 5.41) is 5.74. The second kappa shape index (κ2) is 8.55. The quantitative estimate of drug-likeness (QED) is 0.486. The van der Waals surface area contributed by atoms with Crippen molar-refractivity contribution in [2.45, 2.75) is 10.7 Å². The van der Waals surface area contributed by atoms with Gasteiger partial charge in [-0.2, -0.15) is 8.78 Å². The van der Waals surface area contributed by atoms with E-state index < -0.39 is 17.6 Å². The van der Waals surface area contributed by atoms with Crippen LogP contribution in [0.3, 0.4) is 0 Å². The molecule has 0 fully saturated rings. The van der Waals surface area contributed by atoms with Crippen LogP contribution in [0, 0.1) is 0 Å². The van der Waals surface area contributed by atoms with Crippen molar-refractivity contribution in [3.63, 3.8) is 0 Å². The van der Waals surface area contributed by atoms with Gasteiger partial charge in [0.05, 0.1) is 31.7 Å². The lowest BCUT2D eigenvalue weighted by atomic mass is 10.3. The molecule has 27 heavy (non-hydrogen) atoms. The summed E-state index contributed by atoms with van der Waals surface area (Å²) >= 11 is 7.25. The Balaban J connectivity index is 1.72. The number of nitrogens with one attached hydrogen (secondary N) is 2. The Morgan fingerprint density at radius 3 is 2.59 bits per heavy atom. The van der Waals surface area contributed by atoms with E-state index in [1.165, 1.54) is 30.5 Å². The Kier molecular flexibility index (Phi) is 6.15. The molecule has 0 aliphatic carbocycles. The van der Waals surface area contributed by atoms with Crippen molar-refractivity contribution < 1.29 is 22.8 Å². The van der Waals surface area contributed by atoms with Crippen molar-refractivity contribution in [1.82, 2.24) is 0 Å². The van der Waals surface area contributed by atoms with Gasteiger partial charge in [0.2, 0.25) is 0 Å². The molecule has 0 saturated heterocycles. The highest BCUT2D eigenvalue weighted by Crippen LogP contribution is 2.38. The third kappa shape index (κ3) is 4.88. The van der Waals surface area contributed by atoms with E-state index in [2.05, 4.69) is 10.6 Å². The predicted molar refractivity (Wildman–Crippen MR) is 102 cm³/mol. The number of furan rings is 1. The van der Waals surface area contributed by atoms with Crippen molar-refractivity contribution in [3.05, 3.63) is 64.4 Å². The number of thiophene rings is 1. The number of thioether (sulfide) groups is 1. The van der Waals surface area contributed by atoms with E-state index in [1.54, 1.807) is 18.2 Å². The van der Waals surface area contributed by atoms with Crippen LogP contribution in [0.1, 0.15) is 20.2 Å². The minimum atomic E-state index is -2.68. The molecule has 1 aromatic carbocycles. The largest absolute Gasteiger partial charge is 0.459 e. The van der Waals surface area contributed by atoms with Crippen LogP contribution in [0.25, 0.3) is 0 Å². The van der Waals surface area contributed by atoms with Gasteiger partial charge in [0.15, 0.2) is 5.76 Å². The van der Waals surface area contributed by atoms with Crippen molar-refractivity contribution in [3.8, 4) is 0 Å². The number of rotatable bonds is 6. The lowest BCUT2D eigenvalue weighted by Crippen LogP contribution is -2.11. The zero-order valence-electron chi connectivity index (χ0n) is 13.4. The highest BCUT2D eigenvalue weighted by atomic mass is 35.5. The molecule has 3 rings (SSSR count). The number of hydrogen-bond acceptors (Lipinski definition) is 5. The van der Waals surface area contributed by atoms with Gasteiger partial charge in [-0.3, -0.25) is 9.59 Å². The molecule has 2 aromatic heterocycles. The van der Waals surface area contributed by atoms with Crippen LogP contribution in [0.2, 0.25) is 5.02 Å². The zero-order valence-corrected chi connectivity index (χ0v) is 15.8. The summed E-state index contributed by atoms with van der Waals surface area (Å²) in [6, 6.07) is 10.7. The van der Waals surface area contributed by atoms with Crippen LogP contribution in [-0.4, -0.2) is 17.6 Å². The first-order chi connectivity index (χ1) is 12.9. The molecular formula is C17H11ClF2N2O3S2. The van der Waals surface area contributed by atoms with Gasteiger partial charge in [0.25, 0.3) is 17.6 Å². The number of alkyl halides is 2. The maximum Gasteiger partial charge on any atom is 0.291 e. The normalized spacial score (nSPS) is 10.8. The maximum absolute atomic E-state index is 12.7. The van der Waals surface area contributed by atoms with Crippen LogP contribution in [0.15, 0.2) is 58.0 Å². The van der Waals surface area contributed by atoms with E-state index >= 15 is 0 Å². The highest BCUT2D eigenvalue weighted by molar-refractivity contribution is 7.99. The van der Waals surface area contributed by atoms with E-state index in [9.17, 15) is 18.4 Å². The fourth-order valence-corrected chi connectivity index (χ4v) is 3.82. The molecule has 2 N–H and O–H groups in total. The first-order valence-corrected chi connectivity index (χ1v) is 9.51. The molecule has 0 aliphatic rings. The summed E-state index contributed by atoms with van der Waals surface area (Å²) in [6.07, 6.45) is 1.38. The second-order valence-corrected chi connectivity index (χ2v) is 7.54. The number of halogens is 3. The number of anilines is 2. The monoisotopic (exact) mass is 428 g/mol. The van der Waals surface area contributed by atoms with Crippen LogP contribution >= 0.6 is 34.7 Å². The number of carbonyl (C=O) groups excluding carboxylic acids is 2. The molecule has 2 heterocycles. The molecule has 3 aromatic rings. The van der Waals surface area contributed by atoms with Gasteiger partial charge < -0.3 is 15.1 Å². The molecule has 0 unspecified atom stereocenters. The lowest BCUT2D eigenvalue weighted by Gasteiger charge is -2.11. The van der Waals surface area contributed by atoms with Crippen LogP contribution in [0.4, 0.5) is 19.5 Å². The van der Waals surface area contributed by atoms with Crippen LogP contribution in [-0.2, 0) is 0 Å². The van der Waals surface area contributed by atoms with Crippen molar-refractivity contribution in [2.75, 3.05) is 10.6 Å². The minimum Gasteiger partial charge on any atom is -0.459 e. The molecule has 0 spiro atoms. The number of carbonyl (C=O) groups is 2. The molecule has 5 nitrogen and oxygen atoms in total. The third-order valence-electron chi connectivity index (χ3n) is 3.23. The fraction of sp³-hybridized carbons (Fsp3) is 0.0588. The fourth-order valence-electron chi connectivity index (χ4n) is 2.11. The lowest BCUT2D eigenvalue weighted by molar-refractivity contribution is 0.0995. The van der Waals surface area contributed by atoms with Crippen molar-refractivity contribution >= 4 is 57.2 Å². The van der Waals surface area contributed by atoms with Crippen LogP contribution in [0.5, 0.6) is 0 Å². The Bertz CT molecular complexity index is 961. The van der Waals surface area contributed by atoms with E-state index in [-0.39, 0.29) is 38.0 Å². The van der Waals surface area contributed by atoms with Gasteiger partial charge in [-0.05, 0) is 36.4 Å². The smallest absolute Gasteiger partial charge is 0.291 e. The molecule has 2 amide bonds. The SMILES string of the molecule is O=C(Nc1ccc(C(=O)Nc2cccc(Cl)c2SC(F)F)s1)c1ccco1. The van der Waals surface area contributed by atoms with E-state index in [1.807, 2.05) is 0 Å². The molecule has 10 heteroatoms. The van der Waals surface area contributed by atoms with E-state index in [0.29, 0.717) is 5.00 Å². The van der Waals surface area contributed by atoms with E-state index in [0.717, 1.165) is 11.3 Å². The zero-order chi connectivity index (χ0) is 19.4. The first-order valence-electron chi connectivity index (χ1n) is 7.43. The molecule has 0 bridgehead atoms. The maximum atomic E-state index is 12.7. The third-order valence-corrected chi connectivity index (χ3v) is 5.51. The minimum absolute atomic E-state index is 0.0884. The number of amides is 2. The van der Waals surface area contributed by atoms with Gasteiger partial charge in [0, 0.05) is 0 Å². The molecule has 0 atom stereocenters. The Labute approximate surface area is 165 Å². The molecule has 0 saturated carbocycles. The van der Waals surface area contributed by atoms with Gasteiger partial charge in [-0.25, -0.2) is 0 Å². The topological polar surface area (TPSA) is 71.3 Å². The predicted octanol–water partition coefficient (Wildman–Crippen LogP) is 5.81. The van der Waals surface area contributed by atoms with Gasteiger partial charge >= 0.3 is 0 Å². The Morgan fingerprint density at radius 2 is 1.89 bits per heavy atom. The summed E-state index contributed by atoms with van der Waals surface area (Å²) in [7, 11) is 0. The summed E-state index contributed by atoms with van der Waals surface area (Å²) in [4.78, 5) is 24.7. The molecule has 0 aliphatic heterocycles. The van der Waals surface area contributed by atoms with Crippen molar-refractivity contribution in [2.24, 2.45) is 0 Å². The van der Waals surface area contributed by atoms with E-state index in [4.69, 9.17) is 16.0 Å². The summed E-state index contributed by atoms with van der Waals surface area (Å²) in [6.45, 7) is 0.